The number of amides is 2. The third-order valence-electron chi connectivity index (χ3n) is 1.83. The second kappa shape index (κ2) is 5.69. The minimum Gasteiger partial charge on any atom is -0.384 e. The van der Waals surface area contributed by atoms with Crippen LogP contribution in [0.4, 0.5) is 5.82 Å². The van der Waals surface area contributed by atoms with Crippen LogP contribution in [0.25, 0.3) is 0 Å². The molecule has 0 aliphatic heterocycles. The fourth-order valence-electron chi connectivity index (χ4n) is 1.06. The predicted molar refractivity (Wildman–Crippen MR) is 59.7 cm³/mol. The number of nitrogens with one attached hydrogen (secondary N) is 2. The molecular formula is C10H14N4O2. The zero-order chi connectivity index (χ0) is 12.0. The first kappa shape index (κ1) is 12.0. The van der Waals surface area contributed by atoms with E-state index in [0.717, 1.165) is 0 Å². The number of nitrogen functional groups attached to an aromatic ring is 1. The Morgan fingerprint density at radius 1 is 1.31 bits per heavy atom. The van der Waals surface area contributed by atoms with Crippen LogP contribution in [0.3, 0.4) is 0 Å². The van der Waals surface area contributed by atoms with E-state index in [4.69, 9.17) is 5.73 Å². The van der Waals surface area contributed by atoms with Gasteiger partial charge in [-0.1, -0.05) is 0 Å². The minimum atomic E-state index is -0.238. The Bertz CT molecular complexity index is 375. The van der Waals surface area contributed by atoms with Crippen molar-refractivity contribution in [2.24, 2.45) is 0 Å². The van der Waals surface area contributed by atoms with Crippen LogP contribution in [0.2, 0.25) is 0 Å². The standard InChI is InChI=1S/C10H14N4O2/c1-7(15)12-4-5-13-10(16)8-2-3-9(11)14-6-8/h2-3,6H,4-5H2,1H3,(H2,11,14)(H,12,15)(H,13,16). The van der Waals surface area contributed by atoms with Crippen molar-refractivity contribution in [3.8, 4) is 0 Å². The van der Waals surface area contributed by atoms with Gasteiger partial charge in [-0.3, -0.25) is 9.59 Å². The Kier molecular flexibility index (Phi) is 4.26. The molecule has 0 spiro atoms. The van der Waals surface area contributed by atoms with Gasteiger partial charge in [0.1, 0.15) is 5.82 Å². The van der Waals surface area contributed by atoms with Gasteiger partial charge in [-0.05, 0) is 12.1 Å². The van der Waals surface area contributed by atoms with Gasteiger partial charge in [0.05, 0.1) is 5.56 Å². The maximum Gasteiger partial charge on any atom is 0.252 e. The van der Waals surface area contributed by atoms with Crippen LogP contribution in [-0.2, 0) is 4.79 Å². The summed E-state index contributed by atoms with van der Waals surface area (Å²) in [6.07, 6.45) is 1.41. The van der Waals surface area contributed by atoms with Gasteiger partial charge >= 0.3 is 0 Å². The van der Waals surface area contributed by atoms with Gasteiger partial charge in [-0.2, -0.15) is 0 Å². The second-order valence-corrected chi connectivity index (χ2v) is 3.21. The molecule has 0 fully saturated rings. The molecule has 6 nitrogen and oxygen atoms in total. The van der Waals surface area contributed by atoms with Crippen LogP contribution in [-0.4, -0.2) is 29.9 Å². The molecule has 1 rings (SSSR count). The highest BCUT2D eigenvalue weighted by atomic mass is 16.2. The Hall–Kier alpha value is -2.11. The van der Waals surface area contributed by atoms with Crippen molar-refractivity contribution in [1.29, 1.82) is 0 Å². The number of aromatic nitrogens is 1. The average molecular weight is 222 g/mol. The summed E-state index contributed by atoms with van der Waals surface area (Å²) in [6, 6.07) is 3.15. The highest BCUT2D eigenvalue weighted by molar-refractivity contribution is 5.94. The van der Waals surface area contributed by atoms with Gasteiger partial charge < -0.3 is 16.4 Å². The molecule has 4 N–H and O–H groups in total. The zero-order valence-electron chi connectivity index (χ0n) is 8.99. The number of carbonyl (C=O) groups excluding carboxylic acids is 2. The van der Waals surface area contributed by atoms with Crippen LogP contribution in [0, 0.1) is 0 Å². The lowest BCUT2D eigenvalue weighted by Crippen LogP contribution is -2.33. The van der Waals surface area contributed by atoms with Crippen LogP contribution >= 0.6 is 0 Å². The second-order valence-electron chi connectivity index (χ2n) is 3.21. The van der Waals surface area contributed by atoms with Crippen molar-refractivity contribution < 1.29 is 9.59 Å². The molecular weight excluding hydrogens is 208 g/mol. The number of carbonyl (C=O) groups is 2. The first-order valence-corrected chi connectivity index (χ1v) is 4.84. The highest BCUT2D eigenvalue weighted by Crippen LogP contribution is 2.00. The van der Waals surface area contributed by atoms with Gasteiger partial charge in [0, 0.05) is 26.2 Å². The van der Waals surface area contributed by atoms with E-state index in [1.54, 1.807) is 12.1 Å². The third kappa shape index (κ3) is 3.95. The van der Waals surface area contributed by atoms with E-state index in [2.05, 4.69) is 15.6 Å². The molecule has 0 aromatic carbocycles. The molecule has 86 valence electrons. The van der Waals surface area contributed by atoms with E-state index in [9.17, 15) is 9.59 Å². The zero-order valence-corrected chi connectivity index (χ0v) is 8.99. The third-order valence-corrected chi connectivity index (χ3v) is 1.83. The normalized spacial score (nSPS) is 9.56. The van der Waals surface area contributed by atoms with E-state index in [-0.39, 0.29) is 11.8 Å². The number of hydrogen-bond donors (Lipinski definition) is 3. The molecule has 2 amide bonds. The summed E-state index contributed by atoms with van der Waals surface area (Å²) in [5.74, 6) is 0.0102. The predicted octanol–water partition coefficient (Wildman–Crippen LogP) is -0.470. The Balaban J connectivity index is 2.35. The number of rotatable bonds is 4. The molecule has 16 heavy (non-hydrogen) atoms. The quantitative estimate of drug-likeness (QED) is 0.600. The van der Waals surface area contributed by atoms with Crippen molar-refractivity contribution in [2.75, 3.05) is 18.8 Å². The average Bonchev–Trinajstić information content (AvgIpc) is 2.25. The molecule has 0 saturated carbocycles. The van der Waals surface area contributed by atoms with Gasteiger partial charge in [0.2, 0.25) is 5.91 Å². The molecule has 1 aromatic rings. The van der Waals surface area contributed by atoms with E-state index in [0.29, 0.717) is 24.5 Å². The molecule has 6 heteroatoms. The SMILES string of the molecule is CC(=O)NCCNC(=O)c1ccc(N)nc1. The van der Waals surface area contributed by atoms with Crippen molar-refractivity contribution in [2.45, 2.75) is 6.92 Å². The van der Waals surface area contributed by atoms with Crippen molar-refractivity contribution in [1.82, 2.24) is 15.6 Å². The number of pyridine rings is 1. The molecule has 0 unspecified atom stereocenters. The van der Waals surface area contributed by atoms with E-state index >= 15 is 0 Å². The number of nitrogens with zero attached hydrogens (tertiary/aromatic N) is 1. The fourth-order valence-corrected chi connectivity index (χ4v) is 1.06. The lowest BCUT2D eigenvalue weighted by Gasteiger charge is -2.05. The van der Waals surface area contributed by atoms with Crippen LogP contribution in [0.5, 0.6) is 0 Å². The lowest BCUT2D eigenvalue weighted by molar-refractivity contribution is -0.118. The maximum absolute atomic E-state index is 11.5. The number of nitrogens with two attached hydrogens (primary N) is 1. The first-order valence-electron chi connectivity index (χ1n) is 4.84. The van der Waals surface area contributed by atoms with Gasteiger partial charge in [0.25, 0.3) is 5.91 Å². The maximum atomic E-state index is 11.5. The van der Waals surface area contributed by atoms with Crippen LogP contribution in [0.1, 0.15) is 17.3 Å². The number of hydrogen-bond acceptors (Lipinski definition) is 4. The summed E-state index contributed by atoms with van der Waals surface area (Å²) in [6.45, 7) is 2.21. The molecule has 0 bridgehead atoms. The molecule has 0 radical (unpaired) electrons. The topological polar surface area (TPSA) is 97.1 Å². The Morgan fingerprint density at radius 2 is 2.00 bits per heavy atom. The largest absolute Gasteiger partial charge is 0.384 e. The van der Waals surface area contributed by atoms with Gasteiger partial charge in [-0.25, -0.2) is 4.98 Å². The monoisotopic (exact) mass is 222 g/mol. The summed E-state index contributed by atoms with van der Waals surface area (Å²) in [5, 5.41) is 5.21. The lowest BCUT2D eigenvalue weighted by atomic mass is 10.2. The van der Waals surface area contributed by atoms with Crippen LogP contribution < -0.4 is 16.4 Å². The highest BCUT2D eigenvalue weighted by Gasteiger charge is 2.04. The van der Waals surface area contributed by atoms with E-state index in [1.165, 1.54) is 13.1 Å². The Labute approximate surface area is 93.2 Å². The summed E-state index contributed by atoms with van der Waals surface area (Å²) in [4.78, 5) is 25.8. The molecule has 1 aromatic heterocycles. The molecule has 0 atom stereocenters. The summed E-state index contributed by atoms with van der Waals surface area (Å²) in [7, 11) is 0. The summed E-state index contributed by atoms with van der Waals surface area (Å²) >= 11 is 0. The molecule has 0 saturated heterocycles. The first-order chi connectivity index (χ1) is 7.59. The summed E-state index contributed by atoms with van der Waals surface area (Å²) < 4.78 is 0. The van der Waals surface area contributed by atoms with Crippen LogP contribution in [0.15, 0.2) is 18.3 Å². The minimum absolute atomic E-state index is 0.122. The van der Waals surface area contributed by atoms with E-state index < -0.39 is 0 Å². The van der Waals surface area contributed by atoms with Crippen molar-refractivity contribution >= 4 is 17.6 Å². The molecule has 0 aliphatic carbocycles. The van der Waals surface area contributed by atoms with Gasteiger partial charge in [-0.15, -0.1) is 0 Å². The number of anilines is 1. The van der Waals surface area contributed by atoms with Crippen molar-refractivity contribution in [3.05, 3.63) is 23.9 Å². The fraction of sp³-hybridized carbons (Fsp3) is 0.300. The Morgan fingerprint density at radius 3 is 2.56 bits per heavy atom. The van der Waals surface area contributed by atoms with Gasteiger partial charge in [0.15, 0.2) is 0 Å². The smallest absolute Gasteiger partial charge is 0.252 e. The molecule has 1 heterocycles. The summed E-state index contributed by atoms with van der Waals surface area (Å²) in [5.41, 5.74) is 5.83. The molecule has 0 aliphatic rings. The van der Waals surface area contributed by atoms with Crippen molar-refractivity contribution in [3.63, 3.8) is 0 Å². The van der Waals surface area contributed by atoms with E-state index in [1.807, 2.05) is 0 Å².